The lowest BCUT2D eigenvalue weighted by Crippen LogP contribution is -2.47. The van der Waals surface area contributed by atoms with Crippen LogP contribution in [0.25, 0.3) is 0 Å². The van der Waals surface area contributed by atoms with Crippen molar-refractivity contribution < 1.29 is 14.5 Å². The van der Waals surface area contributed by atoms with Crippen molar-refractivity contribution in [3.05, 3.63) is 57.6 Å². The number of azo groups is 1. The Balaban J connectivity index is 2.05. The number of hydrogen-bond acceptors (Lipinski definition) is 6. The summed E-state index contributed by atoms with van der Waals surface area (Å²) in [4.78, 5) is 12.5. The lowest BCUT2D eigenvalue weighted by molar-refractivity contribution is -0.889. The Morgan fingerprint density at radius 1 is 1.14 bits per heavy atom. The zero-order valence-electron chi connectivity index (χ0n) is 17.0. The molecule has 2 rings (SSSR count). The summed E-state index contributed by atoms with van der Waals surface area (Å²) in [5.74, 6) is 0. The number of anilines is 1. The monoisotopic (exact) mass is 420 g/mol. The van der Waals surface area contributed by atoms with Crippen molar-refractivity contribution in [1.29, 1.82) is 0 Å². The van der Waals surface area contributed by atoms with Gasteiger partial charge in [-0.2, -0.15) is 5.11 Å². The minimum Gasteiger partial charge on any atom is -0.391 e. The van der Waals surface area contributed by atoms with Crippen LogP contribution in [-0.4, -0.2) is 61.4 Å². The second-order valence-electron chi connectivity index (χ2n) is 7.30. The molecule has 0 radical (unpaired) electrons. The molecule has 0 unspecified atom stereocenters. The molecule has 0 aliphatic carbocycles. The van der Waals surface area contributed by atoms with Gasteiger partial charge in [-0.25, -0.2) is 0 Å². The van der Waals surface area contributed by atoms with Gasteiger partial charge in [-0.1, -0.05) is 11.6 Å². The molecule has 0 heterocycles. The number of aliphatic hydroxyl groups excluding tert-OH is 1. The molecular formula is C20H27ClN5O3+. The molecular weight excluding hydrogens is 394 g/mol. The maximum atomic E-state index is 10.8. The number of halogens is 1. The second kappa shape index (κ2) is 10.3. The van der Waals surface area contributed by atoms with Gasteiger partial charge in [0, 0.05) is 24.4 Å². The summed E-state index contributed by atoms with van der Waals surface area (Å²) >= 11 is 6.04. The number of non-ortho nitro benzene ring substituents is 1. The van der Waals surface area contributed by atoms with E-state index in [0.29, 0.717) is 11.4 Å². The lowest BCUT2D eigenvalue weighted by Gasteiger charge is -2.32. The highest BCUT2D eigenvalue weighted by Gasteiger charge is 2.16. The number of likely N-dealkylation sites (N-methyl/N-ethyl adjacent to an activating group) is 2. The zero-order valence-corrected chi connectivity index (χ0v) is 17.7. The van der Waals surface area contributed by atoms with Crippen LogP contribution < -0.4 is 4.90 Å². The molecule has 0 atom stereocenters. The summed E-state index contributed by atoms with van der Waals surface area (Å²) < 4.78 is 0.759. The molecule has 0 aliphatic heterocycles. The topological polar surface area (TPSA) is 91.3 Å². The smallest absolute Gasteiger partial charge is 0.271 e. The Morgan fingerprint density at radius 3 is 2.38 bits per heavy atom. The maximum Gasteiger partial charge on any atom is 0.271 e. The Morgan fingerprint density at radius 2 is 1.83 bits per heavy atom. The van der Waals surface area contributed by atoms with Crippen LogP contribution in [0.4, 0.5) is 22.7 Å². The van der Waals surface area contributed by atoms with Crippen molar-refractivity contribution >= 4 is 34.4 Å². The Hall–Kier alpha value is -2.55. The fourth-order valence-electron chi connectivity index (χ4n) is 2.78. The third-order valence-corrected chi connectivity index (χ3v) is 5.00. The highest BCUT2D eigenvalue weighted by Crippen LogP contribution is 2.30. The molecule has 0 spiro atoms. The van der Waals surface area contributed by atoms with E-state index in [9.17, 15) is 15.2 Å². The molecule has 2 aromatic carbocycles. The molecule has 0 aromatic heterocycles. The van der Waals surface area contributed by atoms with Crippen molar-refractivity contribution in [1.82, 2.24) is 0 Å². The van der Waals surface area contributed by atoms with Gasteiger partial charge in [-0.3, -0.25) is 10.1 Å². The highest BCUT2D eigenvalue weighted by molar-refractivity contribution is 6.33. The van der Waals surface area contributed by atoms with Gasteiger partial charge in [0.25, 0.3) is 5.69 Å². The van der Waals surface area contributed by atoms with Gasteiger partial charge in [-0.05, 0) is 37.3 Å². The van der Waals surface area contributed by atoms with E-state index in [0.717, 1.165) is 36.3 Å². The minimum absolute atomic E-state index is 0.0845. The van der Waals surface area contributed by atoms with Crippen LogP contribution in [0.5, 0.6) is 0 Å². The number of aliphatic hydroxyl groups is 1. The van der Waals surface area contributed by atoms with Gasteiger partial charge in [0.15, 0.2) is 0 Å². The van der Waals surface area contributed by atoms with Gasteiger partial charge in [-0.15, -0.1) is 5.11 Å². The predicted molar refractivity (Wildman–Crippen MR) is 116 cm³/mol. The number of nitro benzene ring substituents is 1. The van der Waals surface area contributed by atoms with E-state index in [-0.39, 0.29) is 17.3 Å². The third kappa shape index (κ3) is 6.77. The molecule has 0 fully saturated rings. The largest absolute Gasteiger partial charge is 0.391 e. The number of rotatable bonds is 10. The summed E-state index contributed by atoms with van der Waals surface area (Å²) in [5.41, 5.74) is 2.04. The van der Waals surface area contributed by atoms with E-state index in [1.54, 1.807) is 0 Å². The van der Waals surface area contributed by atoms with Crippen LogP contribution in [0.2, 0.25) is 5.02 Å². The summed E-state index contributed by atoms with van der Waals surface area (Å²) in [7, 11) is 4.22. The van der Waals surface area contributed by atoms with Gasteiger partial charge < -0.3 is 14.5 Å². The number of nitro groups is 1. The Kier molecular flexibility index (Phi) is 8.07. The molecule has 8 nitrogen and oxygen atoms in total. The molecule has 1 N–H and O–H groups in total. The normalized spacial score (nSPS) is 11.8. The van der Waals surface area contributed by atoms with Crippen molar-refractivity contribution in [2.24, 2.45) is 10.2 Å². The Bertz CT molecular complexity index is 856. The van der Waals surface area contributed by atoms with Gasteiger partial charge in [0.05, 0.1) is 49.4 Å². The number of nitrogens with zero attached hydrogens (tertiary/aromatic N) is 5. The summed E-state index contributed by atoms with van der Waals surface area (Å²) in [5, 5.41) is 28.4. The van der Waals surface area contributed by atoms with Crippen molar-refractivity contribution in [2.45, 2.75) is 6.92 Å². The van der Waals surface area contributed by atoms with Crippen molar-refractivity contribution in [2.75, 3.05) is 51.8 Å². The van der Waals surface area contributed by atoms with Crippen molar-refractivity contribution in [3.63, 3.8) is 0 Å². The molecule has 0 saturated heterocycles. The summed E-state index contributed by atoms with van der Waals surface area (Å²) in [6.07, 6.45) is 0. The fourth-order valence-corrected chi connectivity index (χ4v) is 2.99. The Labute approximate surface area is 175 Å². The van der Waals surface area contributed by atoms with Crippen LogP contribution in [0.1, 0.15) is 6.92 Å². The van der Waals surface area contributed by atoms with E-state index < -0.39 is 4.92 Å². The van der Waals surface area contributed by atoms with E-state index in [4.69, 9.17) is 11.6 Å². The molecule has 0 saturated carbocycles. The van der Waals surface area contributed by atoms with Gasteiger partial charge in [0.1, 0.15) is 12.2 Å². The lowest BCUT2D eigenvalue weighted by atomic mass is 10.2. The highest BCUT2D eigenvalue weighted by atomic mass is 35.5. The molecule has 9 heteroatoms. The average molecular weight is 421 g/mol. The van der Waals surface area contributed by atoms with Gasteiger partial charge >= 0.3 is 0 Å². The zero-order chi connectivity index (χ0) is 21.4. The minimum atomic E-state index is -0.505. The van der Waals surface area contributed by atoms with Crippen molar-refractivity contribution in [3.8, 4) is 0 Å². The molecule has 2 aromatic rings. The molecule has 0 bridgehead atoms. The van der Waals surface area contributed by atoms with E-state index in [2.05, 4.69) is 36.1 Å². The molecule has 156 valence electrons. The van der Waals surface area contributed by atoms with Crippen LogP contribution in [0, 0.1) is 10.1 Å². The summed E-state index contributed by atoms with van der Waals surface area (Å²) in [6, 6.07) is 11.8. The molecule has 0 amide bonds. The van der Waals surface area contributed by atoms with Crippen LogP contribution in [0.15, 0.2) is 52.7 Å². The predicted octanol–water partition coefficient (Wildman–Crippen LogP) is 4.56. The van der Waals surface area contributed by atoms with E-state index in [1.807, 2.05) is 24.3 Å². The second-order valence-corrected chi connectivity index (χ2v) is 7.70. The number of quaternary nitrogens is 1. The first kappa shape index (κ1) is 22.7. The van der Waals surface area contributed by atoms with Gasteiger partial charge in [0.2, 0.25) is 0 Å². The first-order valence-corrected chi connectivity index (χ1v) is 9.77. The summed E-state index contributed by atoms with van der Waals surface area (Å²) in [6.45, 7) is 5.69. The third-order valence-electron chi connectivity index (χ3n) is 4.69. The quantitative estimate of drug-likeness (QED) is 0.264. The molecule has 29 heavy (non-hydrogen) atoms. The standard InChI is InChI=1S/C20H27ClN5O3/c1-4-24(11-12-26(2,3)13-14-27)17-7-5-16(6-8-17)22-23-20-10-9-18(25(28)29)15-19(20)21/h5-10,15,27H,4,11-14H2,1-3H3/q+1. The first-order chi connectivity index (χ1) is 13.8. The fraction of sp³-hybridized carbons (Fsp3) is 0.400. The molecule has 0 aliphatic rings. The van der Waals surface area contributed by atoms with Crippen LogP contribution >= 0.6 is 11.6 Å². The van der Waals surface area contributed by atoms with Crippen LogP contribution in [-0.2, 0) is 0 Å². The SMILES string of the molecule is CCN(CC[N+](C)(C)CCO)c1ccc(N=Nc2ccc([N+](=O)[O-])cc2Cl)cc1. The number of hydrogen-bond donors (Lipinski definition) is 1. The van der Waals surface area contributed by atoms with E-state index >= 15 is 0 Å². The maximum absolute atomic E-state index is 10.8. The number of benzene rings is 2. The van der Waals surface area contributed by atoms with Crippen LogP contribution in [0.3, 0.4) is 0 Å². The van der Waals surface area contributed by atoms with E-state index in [1.165, 1.54) is 18.2 Å². The first-order valence-electron chi connectivity index (χ1n) is 9.39. The average Bonchev–Trinajstić information content (AvgIpc) is 2.68.